The summed E-state index contributed by atoms with van der Waals surface area (Å²) in [6.07, 6.45) is 1.40. The molecule has 0 saturated heterocycles. The highest BCUT2D eigenvalue weighted by molar-refractivity contribution is 5.97. The first kappa shape index (κ1) is 14.8. The Labute approximate surface area is 122 Å². The van der Waals surface area contributed by atoms with E-state index in [2.05, 4.69) is 5.32 Å². The zero-order chi connectivity index (χ0) is 15.6. The van der Waals surface area contributed by atoms with E-state index < -0.39 is 17.9 Å². The summed E-state index contributed by atoms with van der Waals surface area (Å²) in [5, 5.41) is 11.9. The average Bonchev–Trinajstić information content (AvgIpc) is 2.85. The van der Waals surface area contributed by atoms with Gasteiger partial charge in [0.2, 0.25) is 0 Å². The van der Waals surface area contributed by atoms with E-state index in [0.29, 0.717) is 16.9 Å². The van der Waals surface area contributed by atoms with E-state index in [1.165, 1.54) is 12.3 Å². The smallest absolute Gasteiger partial charge is 0.330 e. The largest absolute Gasteiger partial charge is 0.479 e. The maximum Gasteiger partial charge on any atom is 0.330 e. The Kier molecular flexibility index (Phi) is 4.12. The van der Waals surface area contributed by atoms with E-state index in [0.717, 1.165) is 11.1 Å². The van der Waals surface area contributed by atoms with Crippen LogP contribution >= 0.6 is 0 Å². The highest BCUT2D eigenvalue weighted by Crippen LogP contribution is 2.19. The molecule has 1 unspecified atom stereocenters. The number of hydrogen-bond acceptors (Lipinski definition) is 3. The molecule has 0 aliphatic rings. The summed E-state index contributed by atoms with van der Waals surface area (Å²) in [4.78, 5) is 23.6. The van der Waals surface area contributed by atoms with E-state index in [1.807, 2.05) is 19.9 Å². The summed E-state index contributed by atoms with van der Waals surface area (Å²) in [5.41, 5.74) is 2.93. The van der Waals surface area contributed by atoms with Crippen LogP contribution in [0.25, 0.3) is 0 Å². The Morgan fingerprint density at radius 1 is 1.14 bits per heavy atom. The molecule has 1 amide bonds. The van der Waals surface area contributed by atoms with Crippen molar-refractivity contribution < 1.29 is 19.1 Å². The van der Waals surface area contributed by atoms with Crippen LogP contribution in [0, 0.1) is 20.8 Å². The molecule has 5 nitrogen and oxygen atoms in total. The molecule has 110 valence electrons. The van der Waals surface area contributed by atoms with E-state index in [1.54, 1.807) is 19.1 Å². The fourth-order valence-electron chi connectivity index (χ4n) is 2.06. The minimum Gasteiger partial charge on any atom is -0.479 e. The number of aryl methyl sites for hydroxylation is 3. The number of aliphatic carboxylic acids is 1. The van der Waals surface area contributed by atoms with Crippen molar-refractivity contribution in [2.75, 3.05) is 0 Å². The van der Waals surface area contributed by atoms with Gasteiger partial charge in [0, 0.05) is 0 Å². The monoisotopic (exact) mass is 287 g/mol. The van der Waals surface area contributed by atoms with Crippen molar-refractivity contribution in [3.8, 4) is 0 Å². The first-order chi connectivity index (χ1) is 9.90. The van der Waals surface area contributed by atoms with E-state index in [9.17, 15) is 14.7 Å². The molecule has 2 rings (SSSR count). The lowest BCUT2D eigenvalue weighted by atomic mass is 10.0. The third-order valence-corrected chi connectivity index (χ3v) is 3.49. The van der Waals surface area contributed by atoms with Crippen LogP contribution in [0.3, 0.4) is 0 Å². The van der Waals surface area contributed by atoms with Gasteiger partial charge in [-0.2, -0.15) is 0 Å². The van der Waals surface area contributed by atoms with Gasteiger partial charge in [0.05, 0.1) is 11.8 Å². The van der Waals surface area contributed by atoms with Gasteiger partial charge >= 0.3 is 5.97 Å². The highest BCUT2D eigenvalue weighted by Gasteiger charge is 2.24. The molecule has 0 bridgehead atoms. The number of rotatable bonds is 4. The Morgan fingerprint density at radius 2 is 1.86 bits per heavy atom. The lowest BCUT2D eigenvalue weighted by Crippen LogP contribution is -2.33. The molecule has 0 spiro atoms. The number of hydrogen-bond donors (Lipinski definition) is 2. The van der Waals surface area contributed by atoms with Crippen molar-refractivity contribution in [2.45, 2.75) is 26.8 Å². The van der Waals surface area contributed by atoms with Gasteiger partial charge < -0.3 is 14.8 Å². The SMILES string of the molecule is Cc1ccc(C(NC(=O)c2ccoc2C)C(=O)O)cc1C. The maximum atomic E-state index is 12.1. The Bertz CT molecular complexity index is 687. The summed E-state index contributed by atoms with van der Waals surface area (Å²) in [7, 11) is 0. The summed E-state index contributed by atoms with van der Waals surface area (Å²) in [5.74, 6) is -1.11. The van der Waals surface area contributed by atoms with Crippen LogP contribution in [0.15, 0.2) is 34.9 Å². The molecule has 5 heteroatoms. The maximum absolute atomic E-state index is 12.1. The second-order valence-corrected chi connectivity index (χ2v) is 4.98. The summed E-state index contributed by atoms with van der Waals surface area (Å²) < 4.78 is 5.06. The first-order valence-electron chi connectivity index (χ1n) is 6.55. The lowest BCUT2D eigenvalue weighted by molar-refractivity contribution is -0.139. The third kappa shape index (κ3) is 3.13. The van der Waals surface area contributed by atoms with Crippen LogP contribution in [0.2, 0.25) is 0 Å². The van der Waals surface area contributed by atoms with Crippen molar-refractivity contribution in [1.82, 2.24) is 5.32 Å². The zero-order valence-electron chi connectivity index (χ0n) is 12.1. The van der Waals surface area contributed by atoms with Crippen LogP contribution in [-0.2, 0) is 4.79 Å². The molecule has 0 fully saturated rings. The summed E-state index contributed by atoms with van der Waals surface area (Å²) in [6.45, 7) is 5.50. The highest BCUT2D eigenvalue weighted by atomic mass is 16.4. The molecule has 2 N–H and O–H groups in total. The fourth-order valence-corrected chi connectivity index (χ4v) is 2.06. The molecule has 1 heterocycles. The number of carbonyl (C=O) groups excluding carboxylic acids is 1. The number of carbonyl (C=O) groups is 2. The van der Waals surface area contributed by atoms with Crippen LogP contribution in [0.5, 0.6) is 0 Å². The van der Waals surface area contributed by atoms with Gasteiger partial charge in [0.15, 0.2) is 6.04 Å². The standard InChI is InChI=1S/C16H17NO4/c1-9-4-5-12(8-10(9)2)14(16(19)20)17-15(18)13-6-7-21-11(13)3/h4-8,14H,1-3H3,(H,17,18)(H,19,20). The van der Waals surface area contributed by atoms with Gasteiger partial charge in [-0.3, -0.25) is 4.79 Å². The van der Waals surface area contributed by atoms with Crippen LogP contribution in [0.4, 0.5) is 0 Å². The third-order valence-electron chi connectivity index (χ3n) is 3.49. The quantitative estimate of drug-likeness (QED) is 0.906. The molecule has 1 atom stereocenters. The van der Waals surface area contributed by atoms with Crippen LogP contribution in [-0.4, -0.2) is 17.0 Å². The Hall–Kier alpha value is -2.56. The number of amides is 1. The van der Waals surface area contributed by atoms with Crippen molar-refractivity contribution in [2.24, 2.45) is 0 Å². The number of benzene rings is 1. The predicted molar refractivity (Wildman–Crippen MR) is 77.2 cm³/mol. The van der Waals surface area contributed by atoms with Crippen LogP contribution in [0.1, 0.15) is 38.9 Å². The number of carboxylic acid groups (broad SMARTS) is 1. The lowest BCUT2D eigenvalue weighted by Gasteiger charge is -2.16. The van der Waals surface area contributed by atoms with Gasteiger partial charge in [-0.1, -0.05) is 18.2 Å². The van der Waals surface area contributed by atoms with Crippen molar-refractivity contribution in [1.29, 1.82) is 0 Å². The summed E-state index contributed by atoms with van der Waals surface area (Å²) in [6, 6.07) is 5.76. The molecule has 1 aromatic heterocycles. The fraction of sp³-hybridized carbons (Fsp3) is 0.250. The second-order valence-electron chi connectivity index (χ2n) is 4.98. The average molecular weight is 287 g/mol. The molecule has 0 saturated carbocycles. The van der Waals surface area contributed by atoms with E-state index >= 15 is 0 Å². The van der Waals surface area contributed by atoms with Gasteiger partial charge in [-0.15, -0.1) is 0 Å². The normalized spacial score (nSPS) is 12.0. The number of nitrogens with one attached hydrogen (secondary N) is 1. The molecule has 1 aromatic carbocycles. The van der Waals surface area contributed by atoms with E-state index in [-0.39, 0.29) is 0 Å². The Balaban J connectivity index is 2.28. The number of carboxylic acids is 1. The van der Waals surface area contributed by atoms with Gasteiger partial charge in [0.1, 0.15) is 5.76 Å². The van der Waals surface area contributed by atoms with Gasteiger partial charge in [-0.25, -0.2) is 4.79 Å². The second kappa shape index (κ2) is 5.83. The van der Waals surface area contributed by atoms with E-state index in [4.69, 9.17) is 4.42 Å². The zero-order valence-corrected chi connectivity index (χ0v) is 12.1. The molecule has 0 radical (unpaired) electrons. The Morgan fingerprint density at radius 3 is 2.38 bits per heavy atom. The molecular weight excluding hydrogens is 270 g/mol. The number of furan rings is 1. The predicted octanol–water partition coefficient (Wildman–Crippen LogP) is 2.76. The summed E-state index contributed by atoms with van der Waals surface area (Å²) >= 11 is 0. The minimum absolute atomic E-state index is 0.338. The van der Waals surface area contributed by atoms with Crippen LogP contribution < -0.4 is 5.32 Å². The molecule has 21 heavy (non-hydrogen) atoms. The molecular formula is C16H17NO4. The molecule has 2 aromatic rings. The van der Waals surface area contributed by atoms with Crippen molar-refractivity contribution in [3.05, 3.63) is 58.5 Å². The minimum atomic E-state index is -1.10. The van der Waals surface area contributed by atoms with Gasteiger partial charge in [0.25, 0.3) is 5.91 Å². The topological polar surface area (TPSA) is 79.5 Å². The molecule has 0 aliphatic heterocycles. The van der Waals surface area contributed by atoms with Crippen molar-refractivity contribution >= 4 is 11.9 Å². The van der Waals surface area contributed by atoms with Gasteiger partial charge in [-0.05, 0) is 43.5 Å². The van der Waals surface area contributed by atoms with Crippen molar-refractivity contribution in [3.63, 3.8) is 0 Å². The first-order valence-corrected chi connectivity index (χ1v) is 6.55. The molecule has 0 aliphatic carbocycles.